The van der Waals surface area contributed by atoms with E-state index in [1.54, 1.807) is 0 Å². The molecule has 128 valence electrons. The number of hydrogen-bond acceptors (Lipinski definition) is 4. The summed E-state index contributed by atoms with van der Waals surface area (Å²) in [5, 5.41) is 3.41. The molecule has 0 aromatic carbocycles. The SMILES string of the molecule is CCc1ccc(C)[n+](CC(=O)Nc2sc(C)c(C)c2C(=O)OC)c1. The quantitative estimate of drug-likeness (QED) is 0.668. The van der Waals surface area contributed by atoms with Crippen LogP contribution in [0.25, 0.3) is 0 Å². The average molecular weight is 347 g/mol. The third kappa shape index (κ3) is 3.82. The minimum Gasteiger partial charge on any atom is -0.465 e. The van der Waals surface area contributed by atoms with E-state index < -0.39 is 5.97 Å². The van der Waals surface area contributed by atoms with Crippen LogP contribution in [0.2, 0.25) is 0 Å². The van der Waals surface area contributed by atoms with Crippen molar-refractivity contribution in [3.8, 4) is 0 Å². The van der Waals surface area contributed by atoms with Gasteiger partial charge in [0, 0.05) is 23.4 Å². The third-order valence-corrected chi connectivity index (χ3v) is 5.19. The van der Waals surface area contributed by atoms with Gasteiger partial charge in [-0.15, -0.1) is 11.3 Å². The molecule has 2 heterocycles. The molecule has 0 aliphatic rings. The second-order valence-electron chi connectivity index (χ2n) is 5.69. The first-order valence-electron chi connectivity index (χ1n) is 7.84. The number of rotatable bonds is 5. The predicted molar refractivity (Wildman–Crippen MR) is 94.5 cm³/mol. The standard InChI is InChI=1S/C18H22N2O3S/c1-6-14-8-7-11(2)20(9-14)10-15(21)19-17-16(18(22)23-5)12(3)13(4)24-17/h7-9H,6,10H2,1-5H3/p+1. The van der Waals surface area contributed by atoms with Crippen LogP contribution in [0.5, 0.6) is 0 Å². The molecule has 0 atom stereocenters. The van der Waals surface area contributed by atoms with Crippen molar-refractivity contribution in [1.29, 1.82) is 0 Å². The van der Waals surface area contributed by atoms with Crippen molar-refractivity contribution in [1.82, 2.24) is 0 Å². The summed E-state index contributed by atoms with van der Waals surface area (Å²) in [5.74, 6) is -0.591. The fourth-order valence-corrected chi connectivity index (χ4v) is 3.50. The number of thiophene rings is 1. The van der Waals surface area contributed by atoms with Gasteiger partial charge in [-0.1, -0.05) is 6.92 Å². The Bertz CT molecular complexity index is 781. The molecular formula is C18H23N2O3S+. The number of aromatic nitrogens is 1. The number of anilines is 1. The minimum atomic E-state index is -0.427. The third-order valence-electron chi connectivity index (χ3n) is 4.06. The molecule has 0 fully saturated rings. The molecule has 0 spiro atoms. The number of carbonyl (C=O) groups is 2. The largest absolute Gasteiger partial charge is 0.465 e. The van der Waals surface area contributed by atoms with Crippen molar-refractivity contribution >= 4 is 28.2 Å². The summed E-state index contributed by atoms with van der Waals surface area (Å²) in [7, 11) is 1.34. The maximum absolute atomic E-state index is 12.4. The van der Waals surface area contributed by atoms with Crippen LogP contribution in [0, 0.1) is 20.8 Å². The number of pyridine rings is 1. The zero-order valence-corrected chi connectivity index (χ0v) is 15.5. The summed E-state index contributed by atoms with van der Waals surface area (Å²) in [6, 6.07) is 4.07. The van der Waals surface area contributed by atoms with Crippen molar-refractivity contribution in [2.75, 3.05) is 12.4 Å². The lowest BCUT2D eigenvalue weighted by Crippen LogP contribution is -2.43. The molecule has 0 bridgehead atoms. The lowest BCUT2D eigenvalue weighted by molar-refractivity contribution is -0.690. The maximum atomic E-state index is 12.4. The van der Waals surface area contributed by atoms with Crippen LogP contribution in [-0.2, 0) is 22.5 Å². The molecule has 2 rings (SSSR count). The first-order chi connectivity index (χ1) is 11.4. The van der Waals surface area contributed by atoms with E-state index in [2.05, 4.69) is 18.3 Å². The number of nitrogens with one attached hydrogen (secondary N) is 1. The molecule has 24 heavy (non-hydrogen) atoms. The maximum Gasteiger partial charge on any atom is 0.341 e. The van der Waals surface area contributed by atoms with Gasteiger partial charge in [-0.25, -0.2) is 4.79 Å². The normalized spacial score (nSPS) is 10.5. The molecule has 2 aromatic rings. The van der Waals surface area contributed by atoms with Crippen LogP contribution in [0.3, 0.4) is 0 Å². The fraction of sp³-hybridized carbons (Fsp3) is 0.389. The van der Waals surface area contributed by atoms with Crippen molar-refractivity contribution in [2.45, 2.75) is 40.7 Å². The predicted octanol–water partition coefficient (Wildman–Crippen LogP) is 2.95. The van der Waals surface area contributed by atoms with E-state index in [-0.39, 0.29) is 12.5 Å². The van der Waals surface area contributed by atoms with E-state index >= 15 is 0 Å². The van der Waals surface area contributed by atoms with Gasteiger partial charge in [0.2, 0.25) is 6.54 Å². The molecule has 0 aliphatic heterocycles. The Morgan fingerprint density at radius 1 is 1.25 bits per heavy atom. The number of carbonyl (C=O) groups excluding carboxylic acids is 2. The van der Waals surface area contributed by atoms with Crippen LogP contribution in [0.4, 0.5) is 5.00 Å². The van der Waals surface area contributed by atoms with E-state index in [9.17, 15) is 9.59 Å². The van der Waals surface area contributed by atoms with Gasteiger partial charge in [0.25, 0.3) is 5.91 Å². The van der Waals surface area contributed by atoms with E-state index in [4.69, 9.17) is 4.74 Å². The van der Waals surface area contributed by atoms with Gasteiger partial charge in [0.05, 0.1) is 12.7 Å². The van der Waals surface area contributed by atoms with E-state index in [1.807, 2.05) is 37.6 Å². The Labute approximate surface area is 146 Å². The van der Waals surface area contributed by atoms with Gasteiger partial charge in [0.1, 0.15) is 5.00 Å². The molecule has 1 amide bonds. The Morgan fingerprint density at radius 3 is 2.58 bits per heavy atom. The second-order valence-corrected chi connectivity index (χ2v) is 6.91. The van der Waals surface area contributed by atoms with Gasteiger partial charge < -0.3 is 10.1 Å². The van der Waals surface area contributed by atoms with Gasteiger partial charge in [-0.2, -0.15) is 4.57 Å². The average Bonchev–Trinajstić information content (AvgIpc) is 2.83. The highest BCUT2D eigenvalue weighted by atomic mass is 32.1. The Kier molecular flexibility index (Phi) is 5.72. The summed E-state index contributed by atoms with van der Waals surface area (Å²) >= 11 is 1.39. The molecular weight excluding hydrogens is 324 g/mol. The summed E-state index contributed by atoms with van der Waals surface area (Å²) < 4.78 is 6.75. The molecule has 0 radical (unpaired) electrons. The topological polar surface area (TPSA) is 59.3 Å². The summed E-state index contributed by atoms with van der Waals surface area (Å²) in [6.07, 6.45) is 2.90. The molecule has 0 aliphatic carbocycles. The number of ether oxygens (including phenoxy) is 1. The van der Waals surface area contributed by atoms with Crippen LogP contribution in [-0.4, -0.2) is 19.0 Å². The van der Waals surface area contributed by atoms with E-state index in [0.29, 0.717) is 10.6 Å². The van der Waals surface area contributed by atoms with E-state index in [0.717, 1.165) is 22.6 Å². The number of aryl methyl sites for hydroxylation is 3. The molecule has 6 heteroatoms. The Hall–Kier alpha value is -2.21. The lowest BCUT2D eigenvalue weighted by atomic mass is 10.1. The number of esters is 1. The van der Waals surface area contributed by atoms with Crippen LogP contribution >= 0.6 is 11.3 Å². The molecule has 1 N–H and O–H groups in total. The first kappa shape index (κ1) is 18.1. The summed E-state index contributed by atoms with van der Waals surface area (Å²) in [5.41, 5.74) is 3.47. The Morgan fingerprint density at radius 2 is 1.96 bits per heavy atom. The van der Waals surface area contributed by atoms with Crippen LogP contribution in [0.1, 0.15) is 39.0 Å². The van der Waals surface area contributed by atoms with Crippen LogP contribution < -0.4 is 9.88 Å². The van der Waals surface area contributed by atoms with Crippen LogP contribution in [0.15, 0.2) is 18.3 Å². The highest BCUT2D eigenvalue weighted by Crippen LogP contribution is 2.32. The molecule has 0 saturated carbocycles. The molecule has 2 aromatic heterocycles. The number of amides is 1. The number of nitrogens with zero attached hydrogens (tertiary/aromatic N) is 1. The van der Waals surface area contributed by atoms with Crippen molar-refractivity contribution in [3.05, 3.63) is 45.6 Å². The summed E-state index contributed by atoms with van der Waals surface area (Å²) in [6.45, 7) is 8.03. The summed E-state index contributed by atoms with van der Waals surface area (Å²) in [4.78, 5) is 25.4. The smallest absolute Gasteiger partial charge is 0.341 e. The Balaban J connectivity index is 2.22. The molecule has 0 saturated heterocycles. The highest BCUT2D eigenvalue weighted by Gasteiger charge is 2.23. The van der Waals surface area contributed by atoms with Crippen molar-refractivity contribution in [3.63, 3.8) is 0 Å². The lowest BCUT2D eigenvalue weighted by Gasteiger charge is -2.06. The van der Waals surface area contributed by atoms with Gasteiger partial charge in [-0.05, 0) is 31.9 Å². The number of methoxy groups -OCH3 is 1. The first-order valence-corrected chi connectivity index (χ1v) is 8.66. The van der Waals surface area contributed by atoms with Crippen molar-refractivity contribution in [2.24, 2.45) is 0 Å². The zero-order valence-electron chi connectivity index (χ0n) is 14.7. The van der Waals surface area contributed by atoms with Crippen molar-refractivity contribution < 1.29 is 18.9 Å². The second kappa shape index (κ2) is 7.57. The highest BCUT2D eigenvalue weighted by molar-refractivity contribution is 7.16. The monoisotopic (exact) mass is 347 g/mol. The van der Waals surface area contributed by atoms with Gasteiger partial charge in [-0.3, -0.25) is 4.79 Å². The molecule has 0 unspecified atom stereocenters. The zero-order chi connectivity index (χ0) is 17.9. The fourth-order valence-electron chi connectivity index (χ4n) is 2.43. The van der Waals surface area contributed by atoms with Gasteiger partial charge in [0.15, 0.2) is 11.9 Å². The number of hydrogen-bond donors (Lipinski definition) is 1. The molecule has 5 nitrogen and oxygen atoms in total. The van der Waals surface area contributed by atoms with Gasteiger partial charge >= 0.3 is 5.97 Å². The minimum absolute atomic E-state index is 0.164. The van der Waals surface area contributed by atoms with E-state index in [1.165, 1.54) is 24.0 Å².